The Morgan fingerprint density at radius 2 is 1.87 bits per heavy atom. The number of hydrogen-bond donors (Lipinski definition) is 0. The second-order valence-electron chi connectivity index (χ2n) is 7.89. The molecular formula is C18H30O5. The van der Waals surface area contributed by atoms with Gasteiger partial charge in [-0.2, -0.15) is 0 Å². The molecule has 5 nitrogen and oxygen atoms in total. The van der Waals surface area contributed by atoms with Crippen molar-refractivity contribution in [1.82, 2.24) is 0 Å². The molecule has 0 spiro atoms. The second-order valence-corrected chi connectivity index (χ2v) is 7.89. The van der Waals surface area contributed by atoms with Gasteiger partial charge in [-0.1, -0.05) is 13.3 Å². The lowest BCUT2D eigenvalue weighted by Crippen LogP contribution is -2.32. The summed E-state index contributed by atoms with van der Waals surface area (Å²) in [4.78, 5) is 12.6. The summed E-state index contributed by atoms with van der Waals surface area (Å²) in [6, 6.07) is 0. The van der Waals surface area contributed by atoms with Gasteiger partial charge in [0.15, 0.2) is 5.79 Å². The van der Waals surface area contributed by atoms with E-state index in [9.17, 15) is 4.79 Å². The average molecular weight is 326 g/mol. The van der Waals surface area contributed by atoms with Crippen molar-refractivity contribution in [2.75, 3.05) is 7.11 Å². The number of carbonyl (C=O) groups is 1. The van der Waals surface area contributed by atoms with Crippen molar-refractivity contribution in [2.45, 2.75) is 78.0 Å². The molecule has 1 saturated heterocycles. The standard InChI is InChI=1S/C18H30O5/c1-8-11-9-12(15-14(11)21-18(5,6)22-15)13(10-20-7)16(19)23-17(2,3)4/h10-12,14-15H,8-9H2,1-7H3/b13-10-/t11-,12-,14+,15-/m0/s1. The molecule has 1 saturated carbocycles. The van der Waals surface area contributed by atoms with Crippen LogP contribution in [-0.4, -0.2) is 36.7 Å². The van der Waals surface area contributed by atoms with Crippen molar-refractivity contribution in [1.29, 1.82) is 0 Å². The zero-order valence-corrected chi connectivity index (χ0v) is 15.3. The molecule has 0 aromatic carbocycles. The third-order valence-corrected chi connectivity index (χ3v) is 4.38. The van der Waals surface area contributed by atoms with Crippen LogP contribution in [0.15, 0.2) is 11.8 Å². The van der Waals surface area contributed by atoms with Crippen LogP contribution in [0.4, 0.5) is 0 Å². The number of carbonyl (C=O) groups excluding carboxylic acids is 1. The lowest BCUT2D eigenvalue weighted by molar-refractivity contribution is -0.163. The maximum atomic E-state index is 12.6. The van der Waals surface area contributed by atoms with Crippen molar-refractivity contribution in [2.24, 2.45) is 11.8 Å². The molecule has 0 aromatic heterocycles. The number of rotatable bonds is 4. The Hall–Kier alpha value is -1.07. The molecule has 2 fully saturated rings. The number of ether oxygens (including phenoxy) is 4. The largest absolute Gasteiger partial charge is 0.504 e. The van der Waals surface area contributed by atoms with Crippen LogP contribution in [-0.2, 0) is 23.7 Å². The summed E-state index contributed by atoms with van der Waals surface area (Å²) in [5, 5.41) is 0. The van der Waals surface area contributed by atoms with Gasteiger partial charge in [0.25, 0.3) is 0 Å². The quantitative estimate of drug-likeness (QED) is 0.450. The van der Waals surface area contributed by atoms with Crippen molar-refractivity contribution in [3.05, 3.63) is 11.8 Å². The van der Waals surface area contributed by atoms with Gasteiger partial charge in [-0.3, -0.25) is 0 Å². The van der Waals surface area contributed by atoms with Gasteiger partial charge in [0.1, 0.15) is 5.60 Å². The summed E-state index contributed by atoms with van der Waals surface area (Å²) < 4.78 is 22.9. The molecule has 1 aliphatic heterocycles. The predicted molar refractivity (Wildman–Crippen MR) is 86.7 cm³/mol. The zero-order valence-electron chi connectivity index (χ0n) is 15.3. The molecule has 5 heteroatoms. The first kappa shape index (κ1) is 18.3. The van der Waals surface area contributed by atoms with Crippen LogP contribution in [0.1, 0.15) is 54.4 Å². The number of methoxy groups -OCH3 is 1. The van der Waals surface area contributed by atoms with Gasteiger partial charge in [0.2, 0.25) is 0 Å². The van der Waals surface area contributed by atoms with E-state index in [0.717, 1.165) is 12.8 Å². The highest BCUT2D eigenvalue weighted by atomic mass is 16.8. The topological polar surface area (TPSA) is 54.0 Å². The summed E-state index contributed by atoms with van der Waals surface area (Å²) in [6.07, 6.45) is 3.22. The first-order valence-electron chi connectivity index (χ1n) is 8.40. The van der Waals surface area contributed by atoms with Crippen LogP contribution in [0.2, 0.25) is 0 Å². The first-order valence-corrected chi connectivity index (χ1v) is 8.40. The van der Waals surface area contributed by atoms with E-state index in [2.05, 4.69) is 6.92 Å². The molecule has 2 aliphatic rings. The van der Waals surface area contributed by atoms with Gasteiger partial charge in [-0.25, -0.2) is 4.79 Å². The highest BCUT2D eigenvalue weighted by Gasteiger charge is 2.55. The molecule has 0 aromatic rings. The third-order valence-electron chi connectivity index (χ3n) is 4.38. The van der Waals surface area contributed by atoms with Crippen LogP contribution in [0, 0.1) is 11.8 Å². The maximum absolute atomic E-state index is 12.6. The lowest BCUT2D eigenvalue weighted by atomic mass is 9.94. The van der Waals surface area contributed by atoms with E-state index < -0.39 is 11.4 Å². The molecule has 4 atom stereocenters. The summed E-state index contributed by atoms with van der Waals surface area (Å²) in [5.41, 5.74) is -0.00654. The smallest absolute Gasteiger partial charge is 0.338 e. The summed E-state index contributed by atoms with van der Waals surface area (Å²) in [6.45, 7) is 11.6. The van der Waals surface area contributed by atoms with E-state index in [-0.39, 0.29) is 24.1 Å². The van der Waals surface area contributed by atoms with Crippen LogP contribution in [0.25, 0.3) is 0 Å². The Balaban J connectivity index is 2.26. The molecule has 0 N–H and O–H groups in total. The Bertz CT molecular complexity index is 474. The van der Waals surface area contributed by atoms with E-state index in [1.165, 1.54) is 6.26 Å². The molecule has 0 unspecified atom stereocenters. The van der Waals surface area contributed by atoms with E-state index in [1.54, 1.807) is 7.11 Å². The van der Waals surface area contributed by atoms with Crippen LogP contribution < -0.4 is 0 Å². The zero-order chi connectivity index (χ0) is 17.4. The van der Waals surface area contributed by atoms with Crippen LogP contribution in [0.3, 0.4) is 0 Å². The fourth-order valence-corrected chi connectivity index (χ4v) is 3.54. The molecule has 0 amide bonds. The molecule has 132 valence electrons. The normalized spacial score (nSPS) is 33.4. The monoisotopic (exact) mass is 326 g/mol. The van der Waals surface area contributed by atoms with E-state index >= 15 is 0 Å². The fourth-order valence-electron chi connectivity index (χ4n) is 3.54. The van der Waals surface area contributed by atoms with E-state index in [4.69, 9.17) is 18.9 Å². The van der Waals surface area contributed by atoms with Crippen molar-refractivity contribution >= 4 is 5.97 Å². The molecule has 1 aliphatic carbocycles. The number of hydrogen-bond acceptors (Lipinski definition) is 5. The second kappa shape index (κ2) is 6.44. The molecular weight excluding hydrogens is 296 g/mol. The summed E-state index contributed by atoms with van der Waals surface area (Å²) in [5.74, 6) is -0.655. The van der Waals surface area contributed by atoms with E-state index in [1.807, 2.05) is 34.6 Å². The Morgan fingerprint density at radius 3 is 2.39 bits per heavy atom. The Kier molecular flexibility index (Phi) is 5.12. The van der Waals surface area contributed by atoms with Gasteiger partial charge < -0.3 is 18.9 Å². The predicted octanol–water partition coefficient (Wildman–Crippen LogP) is 3.42. The van der Waals surface area contributed by atoms with Crippen LogP contribution in [0.5, 0.6) is 0 Å². The SMILES string of the molecule is CC[C@H]1C[C@@H](/C(=C/OC)C(=O)OC(C)(C)C)[C@@H]2OC(C)(C)O[C@H]12. The van der Waals surface area contributed by atoms with Gasteiger partial charge in [-0.05, 0) is 47.0 Å². The Labute approximate surface area is 139 Å². The fraction of sp³-hybridized carbons (Fsp3) is 0.833. The minimum absolute atomic E-state index is 0.0164. The highest BCUT2D eigenvalue weighted by Crippen LogP contribution is 2.48. The maximum Gasteiger partial charge on any atom is 0.338 e. The Morgan fingerprint density at radius 1 is 1.26 bits per heavy atom. The highest BCUT2D eigenvalue weighted by molar-refractivity contribution is 5.89. The van der Waals surface area contributed by atoms with E-state index in [0.29, 0.717) is 11.5 Å². The van der Waals surface area contributed by atoms with Gasteiger partial charge in [-0.15, -0.1) is 0 Å². The van der Waals surface area contributed by atoms with Gasteiger partial charge in [0, 0.05) is 5.92 Å². The van der Waals surface area contributed by atoms with Crippen molar-refractivity contribution in [3.8, 4) is 0 Å². The third kappa shape index (κ3) is 4.07. The molecule has 1 heterocycles. The minimum atomic E-state index is -0.618. The van der Waals surface area contributed by atoms with Crippen LogP contribution >= 0.6 is 0 Å². The lowest BCUT2D eigenvalue weighted by Gasteiger charge is -2.26. The number of esters is 1. The number of fused-ring (bicyclic) bond motifs is 1. The minimum Gasteiger partial charge on any atom is -0.504 e. The summed E-state index contributed by atoms with van der Waals surface area (Å²) in [7, 11) is 1.55. The van der Waals surface area contributed by atoms with Gasteiger partial charge >= 0.3 is 5.97 Å². The molecule has 23 heavy (non-hydrogen) atoms. The summed E-state index contributed by atoms with van der Waals surface area (Å²) >= 11 is 0. The van der Waals surface area contributed by atoms with Crippen molar-refractivity contribution < 1.29 is 23.7 Å². The first-order chi connectivity index (χ1) is 10.6. The van der Waals surface area contributed by atoms with Crippen molar-refractivity contribution in [3.63, 3.8) is 0 Å². The molecule has 0 radical (unpaired) electrons. The molecule has 0 bridgehead atoms. The average Bonchev–Trinajstić information content (AvgIpc) is 2.87. The molecule has 2 rings (SSSR count). The van der Waals surface area contributed by atoms with Gasteiger partial charge in [0.05, 0.1) is 31.2 Å².